The Bertz CT molecular complexity index is 674. The van der Waals surface area contributed by atoms with Gasteiger partial charge in [-0.3, -0.25) is 4.90 Å². The lowest BCUT2D eigenvalue weighted by atomic mass is 9.84. The maximum absolute atomic E-state index is 11.5. The first-order chi connectivity index (χ1) is 11.6. The number of aliphatic hydroxyl groups is 1. The number of carbonyl (C=O) groups excluding carboxylic acids is 1. The number of likely N-dealkylation sites (tertiary alicyclic amines) is 1. The summed E-state index contributed by atoms with van der Waals surface area (Å²) in [7, 11) is 1.39. The standard InChI is InChI=1S/C20H23NO3/c1-24-19(22)17-9-7-16(8-10-17)15-21-13-11-20(23,12-14-21)18-5-3-2-4-6-18/h2-10,23H,11-15H2,1H3. The van der Waals surface area contributed by atoms with Gasteiger partial charge in [0.05, 0.1) is 18.3 Å². The molecule has 1 N–H and O–H groups in total. The normalized spacial score (nSPS) is 17.4. The number of benzene rings is 2. The van der Waals surface area contributed by atoms with Gasteiger partial charge in [0.2, 0.25) is 0 Å². The molecule has 2 aromatic carbocycles. The molecular formula is C20H23NO3. The number of hydrogen-bond donors (Lipinski definition) is 1. The molecule has 0 atom stereocenters. The maximum Gasteiger partial charge on any atom is 0.337 e. The molecule has 0 bridgehead atoms. The highest BCUT2D eigenvalue weighted by Gasteiger charge is 2.33. The van der Waals surface area contributed by atoms with E-state index in [2.05, 4.69) is 4.90 Å². The van der Waals surface area contributed by atoms with E-state index in [1.54, 1.807) is 12.1 Å². The van der Waals surface area contributed by atoms with Crippen molar-refractivity contribution in [1.29, 1.82) is 0 Å². The van der Waals surface area contributed by atoms with Crippen molar-refractivity contribution in [3.63, 3.8) is 0 Å². The van der Waals surface area contributed by atoms with Crippen molar-refractivity contribution in [2.75, 3.05) is 20.2 Å². The fraction of sp³-hybridized carbons (Fsp3) is 0.350. The third kappa shape index (κ3) is 3.66. The van der Waals surface area contributed by atoms with Crippen LogP contribution in [0.3, 0.4) is 0 Å². The van der Waals surface area contributed by atoms with E-state index in [1.807, 2.05) is 42.5 Å². The number of hydrogen-bond acceptors (Lipinski definition) is 4. The molecule has 4 nitrogen and oxygen atoms in total. The van der Waals surface area contributed by atoms with Gasteiger partial charge in [0, 0.05) is 19.6 Å². The van der Waals surface area contributed by atoms with Crippen LogP contribution >= 0.6 is 0 Å². The Kier molecular flexibility index (Phi) is 4.97. The van der Waals surface area contributed by atoms with Crippen LogP contribution in [-0.4, -0.2) is 36.2 Å². The van der Waals surface area contributed by atoms with Crippen LogP contribution in [-0.2, 0) is 16.9 Å². The van der Waals surface area contributed by atoms with Crippen LogP contribution < -0.4 is 0 Å². The maximum atomic E-state index is 11.5. The summed E-state index contributed by atoms with van der Waals surface area (Å²) >= 11 is 0. The summed E-state index contributed by atoms with van der Waals surface area (Å²) in [4.78, 5) is 13.8. The van der Waals surface area contributed by atoms with Gasteiger partial charge in [-0.1, -0.05) is 42.5 Å². The van der Waals surface area contributed by atoms with Crippen LogP contribution in [0, 0.1) is 0 Å². The second-order valence-corrected chi connectivity index (χ2v) is 6.36. The molecular weight excluding hydrogens is 302 g/mol. The van der Waals surface area contributed by atoms with Crippen LogP contribution in [0.1, 0.15) is 34.3 Å². The van der Waals surface area contributed by atoms with Crippen LogP contribution in [0.4, 0.5) is 0 Å². The van der Waals surface area contributed by atoms with E-state index in [1.165, 1.54) is 7.11 Å². The van der Waals surface area contributed by atoms with Gasteiger partial charge < -0.3 is 9.84 Å². The zero-order chi connectivity index (χ0) is 17.0. The molecule has 0 amide bonds. The number of rotatable bonds is 4. The lowest BCUT2D eigenvalue weighted by molar-refractivity contribution is -0.0277. The predicted octanol–water partition coefficient (Wildman–Crippen LogP) is 2.96. The highest BCUT2D eigenvalue weighted by molar-refractivity contribution is 5.89. The molecule has 0 spiro atoms. The quantitative estimate of drug-likeness (QED) is 0.878. The Balaban J connectivity index is 1.58. The molecule has 1 heterocycles. The molecule has 0 radical (unpaired) electrons. The second-order valence-electron chi connectivity index (χ2n) is 6.36. The number of esters is 1. The summed E-state index contributed by atoms with van der Waals surface area (Å²) < 4.78 is 4.71. The van der Waals surface area contributed by atoms with Crippen molar-refractivity contribution < 1.29 is 14.6 Å². The summed E-state index contributed by atoms with van der Waals surface area (Å²) in [5, 5.41) is 10.9. The third-order valence-electron chi connectivity index (χ3n) is 4.78. The average Bonchev–Trinajstić information content (AvgIpc) is 2.64. The molecule has 3 rings (SSSR count). The van der Waals surface area contributed by atoms with Gasteiger partial charge in [-0.25, -0.2) is 4.79 Å². The van der Waals surface area contributed by atoms with E-state index in [4.69, 9.17) is 4.74 Å². The van der Waals surface area contributed by atoms with E-state index < -0.39 is 5.60 Å². The summed E-state index contributed by atoms with van der Waals surface area (Å²) in [5.74, 6) is -0.313. The Morgan fingerprint density at radius 1 is 1.08 bits per heavy atom. The zero-order valence-electron chi connectivity index (χ0n) is 13.9. The van der Waals surface area contributed by atoms with Gasteiger partial charge in [0.25, 0.3) is 0 Å². The summed E-state index contributed by atoms with van der Waals surface area (Å²) in [6.07, 6.45) is 1.47. The first kappa shape index (κ1) is 16.7. The van der Waals surface area contributed by atoms with Crippen LogP contribution in [0.25, 0.3) is 0 Å². The number of ether oxygens (including phenoxy) is 1. The molecule has 0 aliphatic carbocycles. The zero-order valence-corrected chi connectivity index (χ0v) is 13.9. The Morgan fingerprint density at radius 3 is 2.29 bits per heavy atom. The average molecular weight is 325 g/mol. The van der Waals surface area contributed by atoms with Crippen molar-refractivity contribution in [3.05, 3.63) is 71.3 Å². The van der Waals surface area contributed by atoms with Crippen molar-refractivity contribution >= 4 is 5.97 Å². The van der Waals surface area contributed by atoms with Gasteiger partial charge >= 0.3 is 5.97 Å². The molecule has 2 aromatic rings. The van der Waals surface area contributed by atoms with Crippen LogP contribution in [0.5, 0.6) is 0 Å². The molecule has 4 heteroatoms. The summed E-state index contributed by atoms with van der Waals surface area (Å²) in [6.45, 7) is 2.53. The molecule has 0 aromatic heterocycles. The van der Waals surface area contributed by atoms with Crippen LogP contribution in [0.15, 0.2) is 54.6 Å². The molecule has 1 saturated heterocycles. The van der Waals surface area contributed by atoms with E-state index in [0.717, 1.165) is 43.6 Å². The number of piperidine rings is 1. The fourth-order valence-corrected chi connectivity index (χ4v) is 3.24. The lowest BCUT2D eigenvalue weighted by Crippen LogP contribution is -2.42. The van der Waals surface area contributed by atoms with E-state index in [0.29, 0.717) is 5.56 Å². The molecule has 24 heavy (non-hydrogen) atoms. The number of carbonyl (C=O) groups is 1. The topological polar surface area (TPSA) is 49.8 Å². The van der Waals surface area contributed by atoms with E-state index >= 15 is 0 Å². The van der Waals surface area contributed by atoms with Crippen molar-refractivity contribution in [3.8, 4) is 0 Å². The number of methoxy groups -OCH3 is 1. The van der Waals surface area contributed by atoms with Crippen molar-refractivity contribution in [1.82, 2.24) is 4.90 Å². The minimum atomic E-state index is -0.716. The monoisotopic (exact) mass is 325 g/mol. The number of nitrogens with zero attached hydrogens (tertiary/aromatic N) is 1. The lowest BCUT2D eigenvalue weighted by Gasteiger charge is -2.38. The Labute approximate surface area is 142 Å². The minimum absolute atomic E-state index is 0.313. The first-order valence-electron chi connectivity index (χ1n) is 8.28. The molecule has 1 aliphatic rings. The SMILES string of the molecule is COC(=O)c1ccc(CN2CCC(O)(c3ccccc3)CC2)cc1. The molecule has 126 valence electrons. The predicted molar refractivity (Wildman–Crippen MR) is 92.6 cm³/mol. The molecule has 1 fully saturated rings. The van der Waals surface area contributed by atoms with E-state index in [-0.39, 0.29) is 5.97 Å². The largest absolute Gasteiger partial charge is 0.465 e. The van der Waals surface area contributed by atoms with Crippen molar-refractivity contribution in [2.45, 2.75) is 25.0 Å². The highest BCUT2D eigenvalue weighted by atomic mass is 16.5. The highest BCUT2D eigenvalue weighted by Crippen LogP contribution is 2.33. The van der Waals surface area contributed by atoms with Gasteiger partial charge in [-0.15, -0.1) is 0 Å². The third-order valence-corrected chi connectivity index (χ3v) is 4.78. The molecule has 0 unspecified atom stereocenters. The van der Waals surface area contributed by atoms with Gasteiger partial charge in [0.15, 0.2) is 0 Å². The van der Waals surface area contributed by atoms with Gasteiger partial charge in [-0.2, -0.15) is 0 Å². The molecule has 0 saturated carbocycles. The van der Waals surface area contributed by atoms with Crippen molar-refractivity contribution in [2.24, 2.45) is 0 Å². The fourth-order valence-electron chi connectivity index (χ4n) is 3.24. The Morgan fingerprint density at radius 2 is 1.71 bits per heavy atom. The summed E-state index contributed by atoms with van der Waals surface area (Å²) in [5.41, 5.74) is 2.02. The summed E-state index contributed by atoms with van der Waals surface area (Å²) in [6, 6.07) is 17.4. The first-order valence-corrected chi connectivity index (χ1v) is 8.28. The van der Waals surface area contributed by atoms with Gasteiger partial charge in [0.1, 0.15) is 0 Å². The van der Waals surface area contributed by atoms with Gasteiger partial charge in [-0.05, 0) is 36.1 Å². The smallest absolute Gasteiger partial charge is 0.337 e. The van der Waals surface area contributed by atoms with Crippen LogP contribution in [0.2, 0.25) is 0 Å². The minimum Gasteiger partial charge on any atom is -0.465 e. The van der Waals surface area contributed by atoms with E-state index in [9.17, 15) is 9.90 Å². The molecule has 1 aliphatic heterocycles. The Hall–Kier alpha value is -2.17. The second kappa shape index (κ2) is 7.16.